The predicted molar refractivity (Wildman–Crippen MR) is 82.2 cm³/mol. The van der Waals surface area contributed by atoms with Crippen LogP contribution in [0.2, 0.25) is 0 Å². The third-order valence-corrected chi connectivity index (χ3v) is 4.00. The molecule has 0 aromatic heterocycles. The summed E-state index contributed by atoms with van der Waals surface area (Å²) in [6.07, 6.45) is 2.37. The Labute approximate surface area is 121 Å². The second-order valence-electron chi connectivity index (χ2n) is 5.93. The van der Waals surface area contributed by atoms with Crippen LogP contribution in [-0.4, -0.2) is 41.4 Å². The Kier molecular flexibility index (Phi) is 4.65. The zero-order valence-corrected chi connectivity index (χ0v) is 12.7. The van der Waals surface area contributed by atoms with Crippen molar-refractivity contribution in [1.29, 1.82) is 0 Å². The molecule has 1 aliphatic carbocycles. The van der Waals surface area contributed by atoms with Gasteiger partial charge in [0.15, 0.2) is 0 Å². The van der Waals surface area contributed by atoms with Crippen LogP contribution in [0.4, 0.5) is 5.69 Å². The van der Waals surface area contributed by atoms with Crippen molar-refractivity contribution in [3.63, 3.8) is 0 Å². The molecular formula is C16H25N3O. The summed E-state index contributed by atoms with van der Waals surface area (Å²) in [5.41, 5.74) is 7.92. The highest BCUT2D eigenvalue weighted by Crippen LogP contribution is 2.29. The fourth-order valence-electron chi connectivity index (χ4n) is 2.22. The second-order valence-corrected chi connectivity index (χ2v) is 5.93. The number of hydrogen-bond donors (Lipinski definition) is 1. The first-order valence-corrected chi connectivity index (χ1v) is 7.32. The number of para-hydroxylation sites is 1. The molecule has 1 aliphatic rings. The molecule has 0 aliphatic heterocycles. The number of amides is 1. The molecule has 0 radical (unpaired) electrons. The molecule has 0 bridgehead atoms. The largest absolute Gasteiger partial charge is 0.398 e. The minimum Gasteiger partial charge on any atom is -0.398 e. The van der Waals surface area contributed by atoms with Gasteiger partial charge >= 0.3 is 0 Å². The van der Waals surface area contributed by atoms with Crippen LogP contribution in [0.25, 0.3) is 0 Å². The van der Waals surface area contributed by atoms with Crippen molar-refractivity contribution in [2.45, 2.75) is 45.3 Å². The lowest BCUT2D eigenvalue weighted by Crippen LogP contribution is -2.42. The fraction of sp³-hybridized carbons (Fsp3) is 0.562. The van der Waals surface area contributed by atoms with Gasteiger partial charge in [0.05, 0.1) is 6.54 Å². The number of carbonyl (C=O) groups is 1. The van der Waals surface area contributed by atoms with Gasteiger partial charge in [-0.15, -0.1) is 0 Å². The van der Waals surface area contributed by atoms with Crippen LogP contribution >= 0.6 is 0 Å². The van der Waals surface area contributed by atoms with Crippen molar-refractivity contribution in [2.24, 2.45) is 0 Å². The highest BCUT2D eigenvalue weighted by Gasteiger charge is 2.31. The summed E-state index contributed by atoms with van der Waals surface area (Å²) in [5.74, 6) is 0.182. The zero-order chi connectivity index (χ0) is 14.7. The quantitative estimate of drug-likeness (QED) is 0.809. The van der Waals surface area contributed by atoms with E-state index in [9.17, 15) is 4.79 Å². The maximum Gasteiger partial charge on any atom is 0.236 e. The molecule has 0 spiro atoms. The number of hydrogen-bond acceptors (Lipinski definition) is 3. The van der Waals surface area contributed by atoms with Crippen molar-refractivity contribution in [3.8, 4) is 0 Å². The van der Waals surface area contributed by atoms with Crippen molar-refractivity contribution >= 4 is 11.6 Å². The van der Waals surface area contributed by atoms with Crippen LogP contribution in [-0.2, 0) is 11.3 Å². The van der Waals surface area contributed by atoms with Gasteiger partial charge in [0, 0.05) is 31.4 Å². The molecule has 1 aromatic rings. The zero-order valence-electron chi connectivity index (χ0n) is 12.7. The molecule has 0 atom stereocenters. The molecule has 0 heterocycles. The number of likely N-dealkylation sites (N-methyl/N-ethyl adjacent to an activating group) is 1. The normalized spacial score (nSPS) is 14.8. The van der Waals surface area contributed by atoms with Crippen LogP contribution in [0.15, 0.2) is 24.3 Å². The molecule has 4 heteroatoms. The second kappa shape index (κ2) is 6.27. The van der Waals surface area contributed by atoms with Crippen molar-refractivity contribution in [2.75, 3.05) is 19.3 Å². The molecule has 1 amide bonds. The van der Waals surface area contributed by atoms with E-state index in [1.54, 1.807) is 0 Å². The van der Waals surface area contributed by atoms with Crippen LogP contribution in [0.1, 0.15) is 32.3 Å². The van der Waals surface area contributed by atoms with E-state index in [0.717, 1.165) is 17.8 Å². The van der Waals surface area contributed by atoms with Crippen molar-refractivity contribution < 1.29 is 4.79 Å². The first-order chi connectivity index (χ1) is 9.49. The molecule has 1 fully saturated rings. The molecule has 2 rings (SSSR count). The molecule has 0 unspecified atom stereocenters. The molecule has 0 saturated heterocycles. The first kappa shape index (κ1) is 14.9. The van der Waals surface area contributed by atoms with E-state index in [2.05, 4.69) is 4.90 Å². The third-order valence-electron chi connectivity index (χ3n) is 4.00. The summed E-state index contributed by atoms with van der Waals surface area (Å²) in [5, 5.41) is 0. The highest BCUT2D eigenvalue weighted by atomic mass is 16.2. The van der Waals surface area contributed by atoms with E-state index in [4.69, 9.17) is 5.73 Å². The van der Waals surface area contributed by atoms with Gasteiger partial charge in [-0.2, -0.15) is 0 Å². The number of rotatable bonds is 6. The van der Waals surface area contributed by atoms with Crippen LogP contribution < -0.4 is 5.73 Å². The van der Waals surface area contributed by atoms with Crippen molar-refractivity contribution in [1.82, 2.24) is 9.80 Å². The number of benzene rings is 1. The molecule has 20 heavy (non-hydrogen) atoms. The van der Waals surface area contributed by atoms with Crippen LogP contribution in [0.5, 0.6) is 0 Å². The van der Waals surface area contributed by atoms with E-state index < -0.39 is 0 Å². The Bertz CT molecular complexity index is 469. The molecular weight excluding hydrogens is 250 g/mol. The highest BCUT2D eigenvalue weighted by molar-refractivity contribution is 5.78. The Balaban J connectivity index is 2.01. The van der Waals surface area contributed by atoms with E-state index >= 15 is 0 Å². The molecule has 4 nitrogen and oxygen atoms in total. The average Bonchev–Trinajstić information content (AvgIpc) is 3.23. The molecule has 1 aromatic carbocycles. The first-order valence-electron chi connectivity index (χ1n) is 7.32. The summed E-state index contributed by atoms with van der Waals surface area (Å²) in [4.78, 5) is 16.3. The number of carbonyl (C=O) groups excluding carboxylic acids is 1. The topological polar surface area (TPSA) is 49.6 Å². The Morgan fingerprint density at radius 3 is 2.55 bits per heavy atom. The lowest BCUT2D eigenvalue weighted by molar-refractivity contribution is -0.132. The van der Waals surface area contributed by atoms with E-state index in [1.165, 1.54) is 12.8 Å². The predicted octanol–water partition coefficient (Wildman–Crippen LogP) is 2.10. The maximum absolute atomic E-state index is 12.3. The lowest BCUT2D eigenvalue weighted by atomic mass is 10.1. The van der Waals surface area contributed by atoms with Gasteiger partial charge in [-0.3, -0.25) is 9.69 Å². The smallest absolute Gasteiger partial charge is 0.236 e. The average molecular weight is 275 g/mol. The Morgan fingerprint density at radius 1 is 1.35 bits per heavy atom. The van der Waals surface area contributed by atoms with Gasteiger partial charge < -0.3 is 10.6 Å². The van der Waals surface area contributed by atoms with Gasteiger partial charge in [-0.25, -0.2) is 0 Å². The summed E-state index contributed by atoms with van der Waals surface area (Å²) >= 11 is 0. The van der Waals surface area contributed by atoms with Gasteiger partial charge in [0.25, 0.3) is 0 Å². The van der Waals surface area contributed by atoms with Gasteiger partial charge in [-0.05, 0) is 38.3 Å². The lowest BCUT2D eigenvalue weighted by Gasteiger charge is -2.27. The Hall–Kier alpha value is -1.55. The number of nitrogens with zero attached hydrogens (tertiary/aromatic N) is 2. The van der Waals surface area contributed by atoms with E-state index in [-0.39, 0.29) is 11.9 Å². The van der Waals surface area contributed by atoms with Gasteiger partial charge in [0.1, 0.15) is 0 Å². The Morgan fingerprint density at radius 2 is 2.00 bits per heavy atom. The summed E-state index contributed by atoms with van der Waals surface area (Å²) in [7, 11) is 1.87. The molecule has 1 saturated carbocycles. The van der Waals surface area contributed by atoms with E-state index in [1.807, 2.05) is 50.1 Å². The van der Waals surface area contributed by atoms with Gasteiger partial charge in [-0.1, -0.05) is 18.2 Å². The number of nitrogen functional groups attached to an aromatic ring is 1. The SMILES string of the molecule is CC(C)N(C)C(=O)CN(Cc1ccccc1N)C1CC1. The maximum atomic E-state index is 12.3. The third kappa shape index (κ3) is 3.73. The number of nitrogens with two attached hydrogens (primary N) is 1. The van der Waals surface area contributed by atoms with Crippen LogP contribution in [0.3, 0.4) is 0 Å². The standard InChI is InChI=1S/C16H25N3O/c1-12(2)18(3)16(20)11-19(14-8-9-14)10-13-6-4-5-7-15(13)17/h4-7,12,14H,8-11,17H2,1-3H3. The fourth-order valence-corrected chi connectivity index (χ4v) is 2.22. The monoisotopic (exact) mass is 275 g/mol. The minimum absolute atomic E-state index is 0.182. The number of anilines is 1. The summed E-state index contributed by atoms with van der Waals surface area (Å²) in [6.45, 7) is 5.31. The summed E-state index contributed by atoms with van der Waals surface area (Å²) < 4.78 is 0. The summed E-state index contributed by atoms with van der Waals surface area (Å²) in [6, 6.07) is 8.69. The molecule has 110 valence electrons. The van der Waals surface area contributed by atoms with Crippen molar-refractivity contribution in [3.05, 3.63) is 29.8 Å². The minimum atomic E-state index is 0.182. The van der Waals surface area contributed by atoms with Crippen LogP contribution in [0, 0.1) is 0 Å². The molecule has 2 N–H and O–H groups in total. The van der Waals surface area contributed by atoms with Gasteiger partial charge in [0.2, 0.25) is 5.91 Å². The van der Waals surface area contributed by atoms with E-state index in [0.29, 0.717) is 12.6 Å².